The van der Waals surface area contributed by atoms with Gasteiger partial charge >= 0.3 is 5.97 Å². The largest absolute Gasteiger partial charge is 0.480 e. The van der Waals surface area contributed by atoms with E-state index in [-0.39, 0.29) is 23.8 Å². The summed E-state index contributed by atoms with van der Waals surface area (Å²) >= 11 is 7.91. The minimum absolute atomic E-state index is 0.00367. The van der Waals surface area contributed by atoms with Crippen molar-refractivity contribution in [2.24, 2.45) is 11.7 Å². The fraction of sp³-hybridized carbons (Fsp3) is 0.733. The maximum atomic E-state index is 12.2. The lowest BCUT2D eigenvalue weighted by molar-refractivity contribution is -0.142. The Kier molecular flexibility index (Phi) is 11.3. The van der Waals surface area contributed by atoms with Crippen LogP contribution in [0.25, 0.3) is 0 Å². The van der Waals surface area contributed by atoms with Crippen LogP contribution in [0.5, 0.6) is 0 Å². The molecule has 9 nitrogen and oxygen atoms in total. The quantitative estimate of drug-likeness (QED) is 0.213. The molecular formula is C15H28N4O5S2. The normalized spacial score (nSPS) is 15.5. The van der Waals surface area contributed by atoms with Crippen molar-refractivity contribution < 1.29 is 24.3 Å². The SMILES string of the molecule is CC(C)CC(NC(=O)C(C)NC(=O)C(CS)NC(=O)C(N)CS)C(=O)O. The summed E-state index contributed by atoms with van der Waals surface area (Å²) in [6.07, 6.45) is 0.263. The molecule has 0 aromatic rings. The summed E-state index contributed by atoms with van der Waals surface area (Å²) in [5.74, 6) is -2.79. The summed E-state index contributed by atoms with van der Waals surface area (Å²) in [5, 5.41) is 16.4. The fourth-order valence-electron chi connectivity index (χ4n) is 1.92. The van der Waals surface area contributed by atoms with E-state index in [9.17, 15) is 19.2 Å². The van der Waals surface area contributed by atoms with Gasteiger partial charge in [-0.05, 0) is 19.3 Å². The van der Waals surface area contributed by atoms with Crippen molar-refractivity contribution in [3.8, 4) is 0 Å². The van der Waals surface area contributed by atoms with Crippen LogP contribution in [0, 0.1) is 5.92 Å². The molecule has 0 heterocycles. The summed E-state index contributed by atoms with van der Waals surface area (Å²) in [7, 11) is 0. The number of rotatable bonds is 11. The van der Waals surface area contributed by atoms with Gasteiger partial charge < -0.3 is 26.8 Å². The van der Waals surface area contributed by atoms with Gasteiger partial charge in [-0.1, -0.05) is 13.8 Å². The van der Waals surface area contributed by atoms with Crippen LogP contribution in [0.15, 0.2) is 0 Å². The minimum atomic E-state index is -1.15. The standard InChI is InChI=1S/C15H28N4O5S2/c1-7(2)4-10(15(23)24)18-12(20)8(3)17-14(22)11(6-26)19-13(21)9(16)5-25/h7-11,25-26H,4-6,16H2,1-3H3,(H,17,22)(H,18,20)(H,19,21)(H,23,24). The number of amides is 3. The van der Waals surface area contributed by atoms with Crippen molar-refractivity contribution in [1.29, 1.82) is 0 Å². The van der Waals surface area contributed by atoms with Crippen LogP contribution < -0.4 is 21.7 Å². The van der Waals surface area contributed by atoms with Gasteiger partial charge in [0.1, 0.15) is 18.1 Å². The molecule has 26 heavy (non-hydrogen) atoms. The highest BCUT2D eigenvalue weighted by Crippen LogP contribution is 2.05. The molecule has 0 saturated heterocycles. The molecule has 0 aliphatic heterocycles. The number of carbonyl (C=O) groups excluding carboxylic acids is 3. The molecule has 11 heteroatoms. The molecule has 150 valence electrons. The molecule has 0 radical (unpaired) electrons. The van der Waals surface area contributed by atoms with Gasteiger partial charge in [0.05, 0.1) is 6.04 Å². The number of hydrogen-bond donors (Lipinski definition) is 7. The highest BCUT2D eigenvalue weighted by molar-refractivity contribution is 7.80. The summed E-state index contributed by atoms with van der Waals surface area (Å²) in [6, 6.07) is -3.90. The summed E-state index contributed by atoms with van der Waals surface area (Å²) < 4.78 is 0. The van der Waals surface area contributed by atoms with E-state index in [1.807, 2.05) is 13.8 Å². The fourth-order valence-corrected chi connectivity index (χ4v) is 2.35. The molecule has 0 aromatic heterocycles. The lowest BCUT2D eigenvalue weighted by Crippen LogP contribution is -2.57. The Morgan fingerprint density at radius 2 is 1.42 bits per heavy atom. The Hall–Kier alpha value is -1.46. The third kappa shape index (κ3) is 8.77. The van der Waals surface area contributed by atoms with Crippen molar-refractivity contribution in [2.75, 3.05) is 11.5 Å². The van der Waals surface area contributed by atoms with E-state index in [2.05, 4.69) is 41.2 Å². The van der Waals surface area contributed by atoms with Gasteiger partial charge in [0, 0.05) is 11.5 Å². The first kappa shape index (κ1) is 24.5. The molecule has 0 aliphatic rings. The maximum absolute atomic E-state index is 12.2. The Morgan fingerprint density at radius 3 is 1.85 bits per heavy atom. The molecule has 0 aliphatic carbocycles. The predicted molar refractivity (Wildman–Crippen MR) is 104 cm³/mol. The molecule has 0 fully saturated rings. The van der Waals surface area contributed by atoms with Crippen molar-refractivity contribution >= 4 is 48.9 Å². The Balaban J connectivity index is 4.77. The average Bonchev–Trinajstić information content (AvgIpc) is 2.56. The lowest BCUT2D eigenvalue weighted by atomic mass is 10.0. The van der Waals surface area contributed by atoms with E-state index < -0.39 is 47.9 Å². The van der Waals surface area contributed by atoms with Crippen LogP contribution in [-0.2, 0) is 19.2 Å². The first-order valence-corrected chi connectivity index (χ1v) is 9.41. The van der Waals surface area contributed by atoms with E-state index in [1.54, 1.807) is 0 Å². The molecule has 0 spiro atoms. The molecule has 4 atom stereocenters. The highest BCUT2D eigenvalue weighted by Gasteiger charge is 2.27. The van der Waals surface area contributed by atoms with Crippen LogP contribution >= 0.6 is 25.3 Å². The van der Waals surface area contributed by atoms with Gasteiger partial charge in [-0.25, -0.2) is 4.79 Å². The van der Waals surface area contributed by atoms with Gasteiger partial charge in [0.25, 0.3) is 0 Å². The van der Waals surface area contributed by atoms with Gasteiger partial charge in [-0.15, -0.1) is 0 Å². The van der Waals surface area contributed by atoms with Crippen molar-refractivity contribution in [3.05, 3.63) is 0 Å². The molecule has 6 N–H and O–H groups in total. The number of carboxylic acids is 1. The molecule has 3 amide bonds. The van der Waals surface area contributed by atoms with E-state index in [0.29, 0.717) is 0 Å². The molecule has 4 unspecified atom stereocenters. The number of nitrogens with one attached hydrogen (secondary N) is 3. The van der Waals surface area contributed by atoms with Crippen LogP contribution in [0.2, 0.25) is 0 Å². The van der Waals surface area contributed by atoms with Crippen molar-refractivity contribution in [1.82, 2.24) is 16.0 Å². The molecular weight excluding hydrogens is 380 g/mol. The second-order valence-corrected chi connectivity index (χ2v) is 7.02. The number of thiol groups is 2. The van der Waals surface area contributed by atoms with Gasteiger partial charge in [-0.3, -0.25) is 14.4 Å². The molecule has 0 rings (SSSR count). The second kappa shape index (κ2) is 12.0. The van der Waals surface area contributed by atoms with Crippen LogP contribution in [0.1, 0.15) is 27.2 Å². The first-order valence-electron chi connectivity index (χ1n) is 8.14. The number of aliphatic carboxylic acids is 1. The number of nitrogens with two attached hydrogens (primary N) is 1. The zero-order valence-electron chi connectivity index (χ0n) is 15.1. The number of hydrogen-bond acceptors (Lipinski definition) is 7. The van der Waals surface area contributed by atoms with Gasteiger partial charge in [-0.2, -0.15) is 25.3 Å². The highest BCUT2D eigenvalue weighted by atomic mass is 32.1. The summed E-state index contributed by atoms with van der Waals surface area (Å²) in [5.41, 5.74) is 5.53. The van der Waals surface area contributed by atoms with Crippen LogP contribution in [-0.4, -0.2) is 64.5 Å². The zero-order chi connectivity index (χ0) is 20.4. The second-order valence-electron chi connectivity index (χ2n) is 6.29. The summed E-state index contributed by atoms with van der Waals surface area (Å²) in [4.78, 5) is 47.3. The molecule has 0 saturated carbocycles. The Morgan fingerprint density at radius 1 is 0.885 bits per heavy atom. The smallest absolute Gasteiger partial charge is 0.326 e. The zero-order valence-corrected chi connectivity index (χ0v) is 16.8. The van der Waals surface area contributed by atoms with Crippen molar-refractivity contribution in [2.45, 2.75) is 51.4 Å². The van der Waals surface area contributed by atoms with E-state index in [4.69, 9.17) is 10.8 Å². The number of carboxylic acid groups (broad SMARTS) is 1. The molecule has 0 aromatic carbocycles. The topological polar surface area (TPSA) is 151 Å². The van der Waals surface area contributed by atoms with E-state index in [0.717, 1.165) is 0 Å². The third-order valence-corrected chi connectivity index (χ3v) is 4.18. The first-order chi connectivity index (χ1) is 12.0. The molecule has 0 bridgehead atoms. The van der Waals surface area contributed by atoms with E-state index >= 15 is 0 Å². The Bertz CT molecular complexity index is 518. The predicted octanol–water partition coefficient (Wildman–Crippen LogP) is -1.22. The summed E-state index contributed by atoms with van der Waals surface area (Å²) in [6.45, 7) is 5.09. The van der Waals surface area contributed by atoms with Gasteiger partial charge in [0.15, 0.2) is 0 Å². The average molecular weight is 409 g/mol. The maximum Gasteiger partial charge on any atom is 0.326 e. The van der Waals surface area contributed by atoms with Crippen molar-refractivity contribution in [3.63, 3.8) is 0 Å². The monoisotopic (exact) mass is 408 g/mol. The minimum Gasteiger partial charge on any atom is -0.480 e. The van der Waals surface area contributed by atoms with Crippen LogP contribution in [0.4, 0.5) is 0 Å². The third-order valence-electron chi connectivity index (χ3n) is 3.42. The van der Waals surface area contributed by atoms with Crippen LogP contribution in [0.3, 0.4) is 0 Å². The lowest BCUT2D eigenvalue weighted by Gasteiger charge is -2.22. The number of carbonyl (C=O) groups is 4. The Labute approximate surface area is 164 Å². The van der Waals surface area contributed by atoms with E-state index in [1.165, 1.54) is 6.92 Å². The van der Waals surface area contributed by atoms with Gasteiger partial charge in [0.2, 0.25) is 17.7 Å².